The van der Waals surface area contributed by atoms with Gasteiger partial charge in [-0.3, -0.25) is 0 Å². The fourth-order valence-electron chi connectivity index (χ4n) is 0.163. The average molecular weight is 191 g/mol. The molecule has 0 saturated carbocycles. The van der Waals surface area contributed by atoms with Gasteiger partial charge >= 0.3 is 12.1 Å². The van der Waals surface area contributed by atoms with Gasteiger partial charge in [-0.2, -0.15) is 0 Å². The van der Waals surface area contributed by atoms with Crippen LogP contribution in [-0.4, -0.2) is 40.5 Å². The number of aliphatic hydroxyl groups is 1. The number of carboxylic acids is 1. The first-order valence-corrected chi connectivity index (χ1v) is 3.38. The van der Waals surface area contributed by atoms with Gasteiger partial charge in [0.25, 0.3) is 0 Å². The van der Waals surface area contributed by atoms with Crippen molar-refractivity contribution in [3.8, 4) is 0 Å². The Hall–Kier alpha value is -1.56. The van der Waals surface area contributed by atoms with Gasteiger partial charge in [0.2, 0.25) is 0 Å². The summed E-state index contributed by atoms with van der Waals surface area (Å²) in [6.45, 7) is 4.56. The van der Waals surface area contributed by atoms with E-state index in [-0.39, 0.29) is 18.7 Å². The molecule has 0 aromatic heterocycles. The molecule has 0 rings (SSSR count). The minimum Gasteiger partial charge on any atom is -0.478 e. The Morgan fingerprint density at radius 3 is 1.85 bits per heavy atom. The molecule has 0 heterocycles. The molecule has 1 amide bonds. The van der Waals surface area contributed by atoms with Gasteiger partial charge in [-0.1, -0.05) is 6.58 Å². The van der Waals surface area contributed by atoms with E-state index >= 15 is 0 Å². The van der Waals surface area contributed by atoms with Gasteiger partial charge in [-0.05, 0) is 6.92 Å². The summed E-state index contributed by atoms with van der Waals surface area (Å²) in [5.41, 5.74) is 0.176. The van der Waals surface area contributed by atoms with E-state index in [1.165, 1.54) is 6.92 Å². The molecular formula is C7H13NO5. The van der Waals surface area contributed by atoms with Crippen molar-refractivity contribution < 1.29 is 24.9 Å². The number of hydrogen-bond donors (Lipinski definition) is 4. The first-order chi connectivity index (χ1) is 5.91. The van der Waals surface area contributed by atoms with Crippen LogP contribution >= 0.6 is 0 Å². The number of amides is 1. The molecule has 0 atom stereocenters. The van der Waals surface area contributed by atoms with Crippen molar-refractivity contribution in [1.29, 1.82) is 0 Å². The van der Waals surface area contributed by atoms with E-state index in [0.29, 0.717) is 0 Å². The summed E-state index contributed by atoms with van der Waals surface area (Å²) < 4.78 is 0. The predicted octanol–water partition coefficient (Wildman–Crippen LogP) is -0.107. The molecule has 0 aromatic carbocycles. The average Bonchev–Trinajstić information content (AvgIpc) is 2.01. The highest BCUT2D eigenvalue weighted by Crippen LogP contribution is 1.81. The molecule has 0 spiro atoms. The number of rotatable bonds is 3. The fraction of sp³-hybridized carbons (Fsp3) is 0.429. The van der Waals surface area contributed by atoms with Gasteiger partial charge < -0.3 is 20.6 Å². The Bertz CT molecular complexity index is 177. The van der Waals surface area contributed by atoms with Crippen molar-refractivity contribution in [3.05, 3.63) is 12.2 Å². The second-order valence-electron chi connectivity index (χ2n) is 2.04. The molecule has 0 aliphatic rings. The van der Waals surface area contributed by atoms with E-state index in [4.69, 9.17) is 15.3 Å². The lowest BCUT2D eigenvalue weighted by Gasteiger charge is -1.91. The van der Waals surface area contributed by atoms with Crippen molar-refractivity contribution >= 4 is 12.1 Å². The van der Waals surface area contributed by atoms with Crippen LogP contribution in [0.25, 0.3) is 0 Å². The Morgan fingerprint density at radius 1 is 1.38 bits per heavy atom. The minimum absolute atomic E-state index is 0.106. The monoisotopic (exact) mass is 191 g/mol. The highest BCUT2D eigenvalue weighted by atomic mass is 16.4. The number of hydrogen-bond acceptors (Lipinski definition) is 3. The van der Waals surface area contributed by atoms with Crippen molar-refractivity contribution in [2.24, 2.45) is 0 Å². The van der Waals surface area contributed by atoms with Crippen LogP contribution in [0.15, 0.2) is 12.2 Å². The maximum atomic E-state index is 9.60. The van der Waals surface area contributed by atoms with Gasteiger partial charge in [0, 0.05) is 12.1 Å². The number of carboxylic acid groups (broad SMARTS) is 2. The summed E-state index contributed by atoms with van der Waals surface area (Å²) in [7, 11) is 0. The fourth-order valence-corrected chi connectivity index (χ4v) is 0.163. The van der Waals surface area contributed by atoms with E-state index in [9.17, 15) is 9.59 Å². The Balaban J connectivity index is 0. The standard InChI is InChI=1S/C4H6O2.C3H7NO3/c1-3(2)4(5)6;5-2-1-4-3(6)7/h1H2,2H3,(H,5,6);4-5H,1-2H2,(H,6,7). The largest absolute Gasteiger partial charge is 0.478 e. The molecule has 76 valence electrons. The lowest BCUT2D eigenvalue weighted by Crippen LogP contribution is -2.23. The molecule has 6 heteroatoms. The summed E-state index contributed by atoms with van der Waals surface area (Å²) in [4.78, 5) is 19.1. The van der Waals surface area contributed by atoms with E-state index in [2.05, 4.69) is 6.58 Å². The third kappa shape index (κ3) is 17.9. The summed E-state index contributed by atoms with van der Waals surface area (Å²) >= 11 is 0. The van der Waals surface area contributed by atoms with Crippen LogP contribution in [-0.2, 0) is 4.79 Å². The van der Waals surface area contributed by atoms with Crippen LogP contribution < -0.4 is 5.32 Å². The van der Waals surface area contributed by atoms with Gasteiger partial charge in [-0.25, -0.2) is 9.59 Å². The van der Waals surface area contributed by atoms with Gasteiger partial charge in [0.05, 0.1) is 6.61 Å². The first-order valence-electron chi connectivity index (χ1n) is 3.38. The van der Waals surface area contributed by atoms with Crippen LogP contribution in [0.1, 0.15) is 6.92 Å². The lowest BCUT2D eigenvalue weighted by atomic mass is 10.4. The van der Waals surface area contributed by atoms with E-state index in [1.807, 2.05) is 5.32 Å². The molecule has 0 aliphatic carbocycles. The van der Waals surface area contributed by atoms with Crippen LogP contribution in [0, 0.1) is 0 Å². The number of aliphatic hydroxyl groups excluding tert-OH is 1. The maximum Gasteiger partial charge on any atom is 0.404 e. The third-order valence-electron chi connectivity index (χ3n) is 0.753. The van der Waals surface area contributed by atoms with Crippen LogP contribution in [0.2, 0.25) is 0 Å². The normalized spacial score (nSPS) is 7.85. The highest BCUT2D eigenvalue weighted by Gasteiger charge is 1.90. The molecule has 6 nitrogen and oxygen atoms in total. The molecule has 0 aromatic rings. The van der Waals surface area contributed by atoms with Crippen molar-refractivity contribution in [2.75, 3.05) is 13.2 Å². The zero-order chi connectivity index (χ0) is 10.9. The zero-order valence-electron chi connectivity index (χ0n) is 7.28. The molecule has 0 saturated heterocycles. The molecule has 4 N–H and O–H groups in total. The smallest absolute Gasteiger partial charge is 0.404 e. The van der Waals surface area contributed by atoms with Crippen LogP contribution in [0.5, 0.6) is 0 Å². The van der Waals surface area contributed by atoms with E-state index < -0.39 is 12.1 Å². The SMILES string of the molecule is C=C(C)C(=O)O.O=C(O)NCCO. The van der Waals surface area contributed by atoms with Gasteiger partial charge in [0.1, 0.15) is 0 Å². The van der Waals surface area contributed by atoms with Crippen molar-refractivity contribution in [1.82, 2.24) is 5.32 Å². The molecule has 0 aliphatic heterocycles. The van der Waals surface area contributed by atoms with Crippen molar-refractivity contribution in [3.63, 3.8) is 0 Å². The number of nitrogens with one attached hydrogen (secondary N) is 1. The second-order valence-corrected chi connectivity index (χ2v) is 2.04. The van der Waals surface area contributed by atoms with E-state index in [0.717, 1.165) is 0 Å². The van der Waals surface area contributed by atoms with E-state index in [1.54, 1.807) is 0 Å². The predicted molar refractivity (Wildman–Crippen MR) is 45.6 cm³/mol. The van der Waals surface area contributed by atoms with Gasteiger partial charge in [0.15, 0.2) is 0 Å². The Labute approximate surface area is 75.5 Å². The van der Waals surface area contributed by atoms with Gasteiger partial charge in [-0.15, -0.1) is 0 Å². The maximum absolute atomic E-state index is 9.60. The molecular weight excluding hydrogens is 178 g/mol. The quantitative estimate of drug-likeness (QED) is 0.466. The topological polar surface area (TPSA) is 107 Å². The van der Waals surface area contributed by atoms with Crippen LogP contribution in [0.4, 0.5) is 4.79 Å². The Kier molecular flexibility index (Phi) is 9.19. The number of aliphatic carboxylic acids is 1. The number of carbonyl (C=O) groups is 2. The first kappa shape index (κ1) is 14.0. The van der Waals surface area contributed by atoms with Crippen molar-refractivity contribution in [2.45, 2.75) is 6.92 Å². The van der Waals surface area contributed by atoms with Crippen LogP contribution in [0.3, 0.4) is 0 Å². The molecule has 0 radical (unpaired) electrons. The molecule has 0 unspecified atom stereocenters. The molecule has 13 heavy (non-hydrogen) atoms. The summed E-state index contributed by atoms with van der Waals surface area (Å²) in [6, 6.07) is 0. The summed E-state index contributed by atoms with van der Waals surface area (Å²) in [5, 5.41) is 25.7. The molecule has 0 bridgehead atoms. The Morgan fingerprint density at radius 2 is 1.77 bits per heavy atom. The summed E-state index contributed by atoms with van der Waals surface area (Å²) in [5.74, 6) is -0.935. The molecule has 0 fully saturated rings. The third-order valence-corrected chi connectivity index (χ3v) is 0.753. The summed E-state index contributed by atoms with van der Waals surface area (Å²) in [6.07, 6.45) is -1.10. The second kappa shape index (κ2) is 8.54. The minimum atomic E-state index is -1.10. The lowest BCUT2D eigenvalue weighted by molar-refractivity contribution is -0.132. The zero-order valence-corrected chi connectivity index (χ0v) is 7.28. The highest BCUT2D eigenvalue weighted by molar-refractivity contribution is 5.84.